The number of carbonyl (C=O) groups excluding carboxylic acids is 3. The molecule has 0 radical (unpaired) electrons. The van der Waals surface area contributed by atoms with Gasteiger partial charge in [0.1, 0.15) is 5.54 Å². The average molecular weight is 312 g/mol. The maximum Gasteiger partial charge on any atom is 0.344 e. The van der Waals surface area contributed by atoms with Crippen LogP contribution in [0.25, 0.3) is 0 Å². The second kappa shape index (κ2) is 5.72. The fourth-order valence-electron chi connectivity index (χ4n) is 3.08. The third kappa shape index (κ3) is 2.63. The SMILES string of the molecule is N#Cc1ccc(C(=O)NN2C(=O)NC3(CCCCC3)C2=O)cc1. The van der Waals surface area contributed by atoms with Crippen molar-refractivity contribution in [3.05, 3.63) is 35.4 Å². The van der Waals surface area contributed by atoms with E-state index in [0.717, 1.165) is 24.3 Å². The molecule has 1 aliphatic carbocycles. The Bertz CT molecular complexity index is 699. The van der Waals surface area contributed by atoms with Gasteiger partial charge < -0.3 is 5.32 Å². The van der Waals surface area contributed by atoms with Crippen molar-refractivity contribution < 1.29 is 14.4 Å². The summed E-state index contributed by atoms with van der Waals surface area (Å²) in [5, 5.41) is 12.2. The zero-order valence-corrected chi connectivity index (χ0v) is 12.5. The molecule has 4 amide bonds. The predicted molar refractivity (Wildman–Crippen MR) is 79.8 cm³/mol. The molecule has 2 fully saturated rings. The first-order valence-corrected chi connectivity index (χ1v) is 7.54. The number of hydrogen-bond acceptors (Lipinski definition) is 4. The van der Waals surface area contributed by atoms with Crippen molar-refractivity contribution >= 4 is 17.8 Å². The van der Waals surface area contributed by atoms with E-state index in [0.29, 0.717) is 18.4 Å². The van der Waals surface area contributed by atoms with Crippen LogP contribution < -0.4 is 10.7 Å². The monoisotopic (exact) mass is 312 g/mol. The summed E-state index contributed by atoms with van der Waals surface area (Å²) in [6.07, 6.45) is 4.00. The lowest BCUT2D eigenvalue weighted by atomic mass is 9.82. The summed E-state index contributed by atoms with van der Waals surface area (Å²) in [5.41, 5.74) is 2.19. The van der Waals surface area contributed by atoms with Gasteiger partial charge >= 0.3 is 6.03 Å². The number of amides is 4. The quantitative estimate of drug-likeness (QED) is 0.807. The van der Waals surface area contributed by atoms with Crippen molar-refractivity contribution in [3.63, 3.8) is 0 Å². The van der Waals surface area contributed by atoms with E-state index in [1.54, 1.807) is 0 Å². The van der Waals surface area contributed by atoms with Crippen LogP contribution in [-0.4, -0.2) is 28.4 Å². The average Bonchev–Trinajstić information content (AvgIpc) is 2.80. The minimum Gasteiger partial charge on any atom is -0.322 e. The van der Waals surface area contributed by atoms with Gasteiger partial charge in [0.2, 0.25) is 0 Å². The zero-order valence-electron chi connectivity index (χ0n) is 12.5. The molecule has 0 unspecified atom stereocenters. The molecule has 2 aliphatic rings. The summed E-state index contributed by atoms with van der Waals surface area (Å²) in [5.74, 6) is -0.963. The molecule has 2 N–H and O–H groups in total. The largest absolute Gasteiger partial charge is 0.344 e. The molecule has 0 aromatic heterocycles. The van der Waals surface area contributed by atoms with Gasteiger partial charge in [-0.05, 0) is 37.1 Å². The van der Waals surface area contributed by atoms with Crippen molar-refractivity contribution in [3.8, 4) is 6.07 Å². The number of nitriles is 1. The Labute approximate surface area is 133 Å². The van der Waals surface area contributed by atoms with Crippen molar-refractivity contribution in [2.75, 3.05) is 0 Å². The molecule has 1 aromatic carbocycles. The van der Waals surface area contributed by atoms with Gasteiger partial charge in [-0.15, -0.1) is 0 Å². The lowest BCUT2D eigenvalue weighted by Crippen LogP contribution is -2.50. The number of rotatable bonds is 2. The Kier molecular flexibility index (Phi) is 3.74. The number of benzene rings is 1. The molecule has 1 aliphatic heterocycles. The highest BCUT2D eigenvalue weighted by molar-refractivity contribution is 6.09. The van der Waals surface area contributed by atoms with Gasteiger partial charge in [0.05, 0.1) is 11.6 Å². The summed E-state index contributed by atoms with van der Waals surface area (Å²) >= 11 is 0. The van der Waals surface area contributed by atoms with Crippen molar-refractivity contribution in [2.45, 2.75) is 37.6 Å². The topological polar surface area (TPSA) is 102 Å². The van der Waals surface area contributed by atoms with Crippen LogP contribution in [0.2, 0.25) is 0 Å². The van der Waals surface area contributed by atoms with Gasteiger partial charge in [-0.3, -0.25) is 15.0 Å². The molecular weight excluding hydrogens is 296 g/mol. The van der Waals surface area contributed by atoms with Gasteiger partial charge in [-0.25, -0.2) is 4.79 Å². The lowest BCUT2D eigenvalue weighted by Gasteiger charge is -2.30. The fraction of sp³-hybridized carbons (Fsp3) is 0.375. The minimum atomic E-state index is -0.868. The Morgan fingerprint density at radius 3 is 2.43 bits per heavy atom. The van der Waals surface area contributed by atoms with Crippen LogP contribution >= 0.6 is 0 Å². The highest BCUT2D eigenvalue weighted by atomic mass is 16.2. The Hall–Kier alpha value is -2.88. The van der Waals surface area contributed by atoms with Crippen LogP contribution in [0.3, 0.4) is 0 Å². The van der Waals surface area contributed by atoms with Crippen molar-refractivity contribution in [1.29, 1.82) is 5.26 Å². The number of hydrazine groups is 1. The number of carbonyl (C=O) groups is 3. The van der Waals surface area contributed by atoms with E-state index in [9.17, 15) is 14.4 Å². The summed E-state index contributed by atoms with van der Waals surface area (Å²) in [7, 11) is 0. The van der Waals surface area contributed by atoms with Crippen LogP contribution in [0.5, 0.6) is 0 Å². The highest BCUT2D eigenvalue weighted by Gasteiger charge is 2.52. The Morgan fingerprint density at radius 2 is 1.83 bits per heavy atom. The Morgan fingerprint density at radius 1 is 1.17 bits per heavy atom. The fourth-order valence-corrected chi connectivity index (χ4v) is 3.08. The summed E-state index contributed by atoms with van der Waals surface area (Å²) < 4.78 is 0. The van der Waals surface area contributed by atoms with Crippen LogP contribution in [-0.2, 0) is 4.79 Å². The number of urea groups is 1. The summed E-state index contributed by atoms with van der Waals surface area (Å²) in [6, 6.07) is 7.32. The summed E-state index contributed by atoms with van der Waals surface area (Å²) in [4.78, 5) is 36.8. The van der Waals surface area contributed by atoms with E-state index >= 15 is 0 Å². The van der Waals surface area contributed by atoms with Gasteiger partial charge in [0.25, 0.3) is 11.8 Å². The molecule has 23 heavy (non-hydrogen) atoms. The molecule has 3 rings (SSSR count). The molecule has 7 heteroatoms. The van der Waals surface area contributed by atoms with Gasteiger partial charge in [0, 0.05) is 5.56 Å². The Balaban J connectivity index is 1.74. The van der Waals surface area contributed by atoms with Crippen LogP contribution in [0.1, 0.15) is 48.0 Å². The third-order valence-corrected chi connectivity index (χ3v) is 4.36. The smallest absolute Gasteiger partial charge is 0.322 e. The molecule has 1 saturated carbocycles. The molecule has 1 spiro atoms. The third-order valence-electron chi connectivity index (χ3n) is 4.36. The highest BCUT2D eigenvalue weighted by Crippen LogP contribution is 2.33. The first-order chi connectivity index (χ1) is 11.1. The van der Waals surface area contributed by atoms with Crippen LogP contribution in [0.4, 0.5) is 4.79 Å². The van der Waals surface area contributed by atoms with Crippen molar-refractivity contribution in [1.82, 2.24) is 15.8 Å². The minimum absolute atomic E-state index is 0.272. The first kappa shape index (κ1) is 15.0. The van der Waals surface area contributed by atoms with Crippen molar-refractivity contribution in [2.24, 2.45) is 0 Å². The second-order valence-electron chi connectivity index (χ2n) is 5.84. The molecule has 1 saturated heterocycles. The predicted octanol–water partition coefficient (Wildman–Crippen LogP) is 1.46. The van der Waals surface area contributed by atoms with Gasteiger partial charge in [-0.2, -0.15) is 10.3 Å². The van der Waals surface area contributed by atoms with Gasteiger partial charge in [-0.1, -0.05) is 19.3 Å². The number of nitrogens with zero attached hydrogens (tertiary/aromatic N) is 2. The van der Waals surface area contributed by atoms with E-state index in [2.05, 4.69) is 10.7 Å². The normalized spacial score (nSPS) is 19.3. The maximum absolute atomic E-state index is 12.5. The molecule has 118 valence electrons. The second-order valence-corrected chi connectivity index (χ2v) is 5.84. The van der Waals surface area contributed by atoms with E-state index in [1.807, 2.05) is 6.07 Å². The first-order valence-electron chi connectivity index (χ1n) is 7.54. The van der Waals surface area contributed by atoms with E-state index < -0.39 is 23.4 Å². The van der Waals surface area contributed by atoms with E-state index in [1.165, 1.54) is 24.3 Å². The van der Waals surface area contributed by atoms with E-state index in [-0.39, 0.29) is 5.56 Å². The molecule has 0 bridgehead atoms. The molecule has 7 nitrogen and oxygen atoms in total. The number of hydrogen-bond donors (Lipinski definition) is 2. The van der Waals surface area contributed by atoms with Crippen LogP contribution in [0, 0.1) is 11.3 Å². The zero-order chi connectivity index (χ0) is 16.4. The van der Waals surface area contributed by atoms with E-state index in [4.69, 9.17) is 5.26 Å². The standard InChI is InChI=1S/C16H16N4O3/c17-10-11-4-6-12(7-5-11)13(21)19-20-14(22)16(18-15(20)23)8-2-1-3-9-16/h4-7H,1-3,8-9H2,(H,18,23)(H,19,21). The number of imide groups is 1. The molecule has 1 heterocycles. The lowest BCUT2D eigenvalue weighted by molar-refractivity contribution is -0.134. The summed E-state index contributed by atoms with van der Waals surface area (Å²) in [6.45, 7) is 0. The molecule has 1 aromatic rings. The molecule has 0 atom stereocenters. The van der Waals surface area contributed by atoms with Crippen LogP contribution in [0.15, 0.2) is 24.3 Å². The number of nitrogens with one attached hydrogen (secondary N) is 2. The maximum atomic E-state index is 12.5. The van der Waals surface area contributed by atoms with Gasteiger partial charge in [0.15, 0.2) is 0 Å². The molecular formula is C16H16N4O3.